The normalized spacial score (nSPS) is 15.2. The molecule has 0 spiro atoms. The van der Waals surface area contributed by atoms with E-state index in [9.17, 15) is 14.0 Å². The summed E-state index contributed by atoms with van der Waals surface area (Å²) in [4.78, 5) is 27.5. The molecule has 1 aliphatic rings. The van der Waals surface area contributed by atoms with Gasteiger partial charge in [-0.2, -0.15) is 0 Å². The van der Waals surface area contributed by atoms with Crippen molar-refractivity contribution in [3.63, 3.8) is 0 Å². The van der Waals surface area contributed by atoms with Crippen molar-refractivity contribution in [2.24, 2.45) is 0 Å². The van der Waals surface area contributed by atoms with Gasteiger partial charge in [0.05, 0.1) is 0 Å². The molecule has 6 heteroatoms. The number of hydrogen-bond donors (Lipinski definition) is 0. The fourth-order valence-electron chi connectivity index (χ4n) is 2.54. The van der Waals surface area contributed by atoms with Crippen LogP contribution in [0.1, 0.15) is 5.56 Å². The molecule has 2 aromatic carbocycles. The van der Waals surface area contributed by atoms with Crippen molar-refractivity contribution in [3.8, 4) is 0 Å². The van der Waals surface area contributed by atoms with Gasteiger partial charge in [0.25, 0.3) is 0 Å². The van der Waals surface area contributed by atoms with Crippen LogP contribution < -0.4 is 4.90 Å². The highest BCUT2D eigenvalue weighted by Crippen LogP contribution is 2.22. The lowest BCUT2D eigenvalue weighted by atomic mass is 10.1. The van der Waals surface area contributed by atoms with Crippen LogP contribution in [0.15, 0.2) is 48.5 Å². The van der Waals surface area contributed by atoms with Gasteiger partial charge in [-0.15, -0.1) is 0 Å². The molecule has 0 radical (unpaired) electrons. The summed E-state index contributed by atoms with van der Waals surface area (Å²) in [6.45, 7) is 0.993. The number of amides is 2. The van der Waals surface area contributed by atoms with Gasteiger partial charge in [0.1, 0.15) is 5.82 Å². The standard InChI is InChI=1S/C17H14ClFN2O2/c18-15-10-13(19)7-6-12(15)11-20-8-9-21(17(23)16(20)22)14-4-2-1-3-5-14/h1-7,10H,8-9,11H2. The van der Waals surface area contributed by atoms with E-state index >= 15 is 0 Å². The zero-order valence-corrected chi connectivity index (χ0v) is 13.0. The Labute approximate surface area is 138 Å². The molecule has 0 saturated carbocycles. The summed E-state index contributed by atoms with van der Waals surface area (Å²) >= 11 is 5.98. The predicted molar refractivity (Wildman–Crippen MR) is 85.6 cm³/mol. The quantitative estimate of drug-likeness (QED) is 0.811. The molecule has 0 bridgehead atoms. The molecule has 4 nitrogen and oxygen atoms in total. The second kappa shape index (κ2) is 6.38. The third-order valence-corrected chi connectivity index (χ3v) is 4.10. The van der Waals surface area contributed by atoms with Crippen LogP contribution in [0.3, 0.4) is 0 Å². The average Bonchev–Trinajstić information content (AvgIpc) is 2.55. The van der Waals surface area contributed by atoms with E-state index in [1.165, 1.54) is 28.0 Å². The number of carbonyl (C=O) groups excluding carboxylic acids is 2. The fraction of sp³-hybridized carbons (Fsp3) is 0.176. The second-order valence-electron chi connectivity index (χ2n) is 5.25. The Balaban J connectivity index is 1.75. The van der Waals surface area contributed by atoms with E-state index in [0.717, 1.165) is 0 Å². The molecule has 0 aromatic heterocycles. The number of piperazine rings is 1. The number of rotatable bonds is 3. The van der Waals surface area contributed by atoms with Crippen molar-refractivity contribution in [1.29, 1.82) is 0 Å². The Morgan fingerprint density at radius 1 is 1.00 bits per heavy atom. The van der Waals surface area contributed by atoms with Gasteiger partial charge in [-0.3, -0.25) is 9.59 Å². The van der Waals surface area contributed by atoms with Crippen LogP contribution in [0.4, 0.5) is 10.1 Å². The Bertz CT molecular complexity index is 752. The summed E-state index contributed by atoms with van der Waals surface area (Å²) in [6.07, 6.45) is 0. The minimum atomic E-state index is -0.583. The maximum absolute atomic E-state index is 13.1. The fourth-order valence-corrected chi connectivity index (χ4v) is 2.76. The number of nitrogens with zero attached hydrogens (tertiary/aromatic N) is 2. The predicted octanol–water partition coefficient (Wildman–Crippen LogP) is 2.85. The maximum atomic E-state index is 13.1. The lowest BCUT2D eigenvalue weighted by molar-refractivity contribution is -0.146. The maximum Gasteiger partial charge on any atom is 0.316 e. The minimum absolute atomic E-state index is 0.187. The lowest BCUT2D eigenvalue weighted by Crippen LogP contribution is -2.54. The molecule has 0 unspecified atom stereocenters. The van der Waals surface area contributed by atoms with Gasteiger partial charge in [0.2, 0.25) is 0 Å². The summed E-state index contributed by atoms with van der Waals surface area (Å²) in [5.74, 6) is -1.59. The van der Waals surface area contributed by atoms with Crippen LogP contribution in [-0.4, -0.2) is 29.8 Å². The number of benzene rings is 2. The van der Waals surface area contributed by atoms with Gasteiger partial charge in [0.15, 0.2) is 0 Å². The Hall–Kier alpha value is -2.40. The van der Waals surface area contributed by atoms with Gasteiger partial charge in [0, 0.05) is 30.3 Å². The number of halogens is 2. The molecule has 2 aromatic rings. The zero-order chi connectivity index (χ0) is 16.4. The van der Waals surface area contributed by atoms with Crippen LogP contribution >= 0.6 is 11.6 Å². The zero-order valence-electron chi connectivity index (χ0n) is 12.2. The molecule has 2 amide bonds. The highest BCUT2D eigenvalue weighted by molar-refractivity contribution is 6.41. The van der Waals surface area contributed by atoms with Crippen molar-refractivity contribution >= 4 is 29.1 Å². The largest absolute Gasteiger partial charge is 0.328 e. The van der Waals surface area contributed by atoms with E-state index in [4.69, 9.17) is 11.6 Å². The Morgan fingerprint density at radius 2 is 1.74 bits per heavy atom. The monoisotopic (exact) mass is 332 g/mol. The number of carbonyl (C=O) groups is 2. The summed E-state index contributed by atoms with van der Waals surface area (Å²) in [5, 5.41) is 0.246. The molecular formula is C17H14ClFN2O2. The molecule has 0 N–H and O–H groups in total. The van der Waals surface area contributed by atoms with Crippen molar-refractivity contribution in [2.45, 2.75) is 6.54 Å². The van der Waals surface area contributed by atoms with Gasteiger partial charge in [-0.25, -0.2) is 4.39 Å². The summed E-state index contributed by atoms with van der Waals surface area (Å²) in [5.41, 5.74) is 1.31. The van der Waals surface area contributed by atoms with Crippen LogP contribution in [0.5, 0.6) is 0 Å². The van der Waals surface area contributed by atoms with Crippen LogP contribution in [0.2, 0.25) is 5.02 Å². The molecular weight excluding hydrogens is 319 g/mol. The highest BCUT2D eigenvalue weighted by Gasteiger charge is 2.33. The molecule has 1 aliphatic heterocycles. The molecule has 0 atom stereocenters. The highest BCUT2D eigenvalue weighted by atomic mass is 35.5. The molecule has 1 heterocycles. The minimum Gasteiger partial charge on any atom is -0.328 e. The lowest BCUT2D eigenvalue weighted by Gasteiger charge is -2.34. The van der Waals surface area contributed by atoms with Gasteiger partial charge in [-0.05, 0) is 29.8 Å². The molecule has 3 rings (SSSR count). The SMILES string of the molecule is O=C1C(=O)N(c2ccccc2)CCN1Cc1ccc(F)cc1Cl. The second-order valence-corrected chi connectivity index (χ2v) is 5.66. The van der Waals surface area contributed by atoms with Crippen LogP contribution in [-0.2, 0) is 16.1 Å². The first-order valence-corrected chi connectivity index (χ1v) is 7.54. The third kappa shape index (κ3) is 3.19. The first-order chi connectivity index (χ1) is 11.1. The summed E-state index contributed by atoms with van der Waals surface area (Å²) in [6, 6.07) is 13.1. The van der Waals surface area contributed by atoms with E-state index in [2.05, 4.69) is 0 Å². The first-order valence-electron chi connectivity index (χ1n) is 7.16. The van der Waals surface area contributed by atoms with E-state index in [1.54, 1.807) is 12.1 Å². The van der Waals surface area contributed by atoms with E-state index in [-0.39, 0.29) is 11.6 Å². The van der Waals surface area contributed by atoms with Crippen LogP contribution in [0, 0.1) is 5.82 Å². The Morgan fingerprint density at radius 3 is 2.43 bits per heavy atom. The number of anilines is 1. The molecule has 1 fully saturated rings. The number of hydrogen-bond acceptors (Lipinski definition) is 2. The van der Waals surface area contributed by atoms with Gasteiger partial charge < -0.3 is 9.80 Å². The van der Waals surface area contributed by atoms with Gasteiger partial charge in [-0.1, -0.05) is 35.9 Å². The van der Waals surface area contributed by atoms with Crippen molar-refractivity contribution in [3.05, 3.63) is 64.9 Å². The summed E-state index contributed by atoms with van der Waals surface area (Å²) in [7, 11) is 0. The van der Waals surface area contributed by atoms with Crippen LogP contribution in [0.25, 0.3) is 0 Å². The smallest absolute Gasteiger partial charge is 0.316 e. The Kier molecular flexibility index (Phi) is 4.30. The molecule has 118 valence electrons. The van der Waals surface area contributed by atoms with E-state index in [0.29, 0.717) is 24.3 Å². The molecule has 1 saturated heterocycles. The van der Waals surface area contributed by atoms with Crippen molar-refractivity contribution in [2.75, 3.05) is 18.0 Å². The van der Waals surface area contributed by atoms with E-state index in [1.807, 2.05) is 18.2 Å². The molecule has 0 aliphatic carbocycles. The third-order valence-electron chi connectivity index (χ3n) is 3.75. The first kappa shape index (κ1) is 15.5. The number of para-hydroxylation sites is 1. The van der Waals surface area contributed by atoms with E-state index < -0.39 is 17.6 Å². The van der Waals surface area contributed by atoms with Gasteiger partial charge >= 0.3 is 11.8 Å². The topological polar surface area (TPSA) is 40.6 Å². The van der Waals surface area contributed by atoms with Crippen molar-refractivity contribution < 1.29 is 14.0 Å². The van der Waals surface area contributed by atoms with Crippen molar-refractivity contribution in [1.82, 2.24) is 4.90 Å². The summed E-state index contributed by atoms with van der Waals surface area (Å²) < 4.78 is 13.1. The molecule has 23 heavy (non-hydrogen) atoms. The average molecular weight is 333 g/mol.